The van der Waals surface area contributed by atoms with E-state index in [0.29, 0.717) is 37.1 Å². The van der Waals surface area contributed by atoms with E-state index in [2.05, 4.69) is 10.3 Å². The van der Waals surface area contributed by atoms with E-state index >= 15 is 0 Å². The van der Waals surface area contributed by atoms with Gasteiger partial charge in [-0.1, -0.05) is 13.8 Å². The Morgan fingerprint density at radius 3 is 2.61 bits per heavy atom. The summed E-state index contributed by atoms with van der Waals surface area (Å²) in [6, 6.07) is 2.80. The van der Waals surface area contributed by atoms with Gasteiger partial charge in [-0.25, -0.2) is 4.98 Å². The lowest BCUT2D eigenvalue weighted by atomic mass is 10.1. The molecule has 4 nitrogen and oxygen atoms in total. The molecule has 0 atom stereocenters. The molecule has 2 aromatic rings. The number of ether oxygens (including phenoxy) is 1. The summed E-state index contributed by atoms with van der Waals surface area (Å²) in [7, 11) is 0. The molecule has 1 fully saturated rings. The second kappa shape index (κ2) is 6.13. The highest BCUT2D eigenvalue weighted by Crippen LogP contribution is 2.37. The van der Waals surface area contributed by atoms with Crippen LogP contribution in [0.5, 0.6) is 0 Å². The highest BCUT2D eigenvalue weighted by molar-refractivity contribution is 5.78. The zero-order valence-electron chi connectivity index (χ0n) is 13.0. The molecule has 3 rings (SSSR count). The van der Waals surface area contributed by atoms with Gasteiger partial charge in [-0.15, -0.1) is 0 Å². The van der Waals surface area contributed by atoms with Crippen LogP contribution in [0.3, 0.4) is 0 Å². The molecule has 0 amide bonds. The lowest BCUT2D eigenvalue weighted by molar-refractivity contribution is -0.136. The van der Waals surface area contributed by atoms with Crippen molar-refractivity contribution in [3.05, 3.63) is 29.2 Å². The molecular formula is C16H19F3N2O2. The number of benzene rings is 1. The molecular weight excluding hydrogens is 309 g/mol. The van der Waals surface area contributed by atoms with Gasteiger partial charge in [0.2, 0.25) is 0 Å². The molecule has 0 spiro atoms. The summed E-state index contributed by atoms with van der Waals surface area (Å²) in [5.74, 6) is 0.700. The number of hydrogen-bond acceptors (Lipinski definition) is 4. The van der Waals surface area contributed by atoms with Gasteiger partial charge in [-0.05, 0) is 17.7 Å². The number of oxazole rings is 1. The Hall–Kier alpha value is -1.60. The maximum Gasteiger partial charge on any atom is 0.420 e. The minimum Gasteiger partial charge on any atom is -0.440 e. The Kier molecular flexibility index (Phi) is 4.33. The minimum absolute atomic E-state index is 0.0660. The first kappa shape index (κ1) is 16.3. The van der Waals surface area contributed by atoms with Crippen LogP contribution in [0.15, 0.2) is 16.5 Å². The summed E-state index contributed by atoms with van der Waals surface area (Å²) >= 11 is 0. The van der Waals surface area contributed by atoms with Crippen molar-refractivity contribution >= 4 is 11.1 Å². The zero-order chi connectivity index (χ0) is 16.6. The number of fused-ring (bicyclic) bond motifs is 1. The average Bonchev–Trinajstić information content (AvgIpc) is 2.83. The molecule has 0 aliphatic carbocycles. The van der Waals surface area contributed by atoms with Crippen LogP contribution in [0.25, 0.3) is 11.1 Å². The molecule has 7 heteroatoms. The molecule has 0 bridgehead atoms. The third-order valence-electron chi connectivity index (χ3n) is 3.83. The largest absolute Gasteiger partial charge is 0.440 e. The van der Waals surface area contributed by atoms with Crippen LogP contribution in [-0.2, 0) is 17.5 Å². The molecule has 1 aliphatic heterocycles. The predicted octanol–water partition coefficient (Wildman–Crippen LogP) is 3.71. The maximum atomic E-state index is 13.3. The lowest BCUT2D eigenvalue weighted by Crippen LogP contribution is -2.36. The van der Waals surface area contributed by atoms with E-state index in [-0.39, 0.29) is 17.0 Å². The molecule has 1 aliphatic rings. The smallest absolute Gasteiger partial charge is 0.420 e. The molecule has 0 saturated carbocycles. The Morgan fingerprint density at radius 1 is 1.30 bits per heavy atom. The van der Waals surface area contributed by atoms with Gasteiger partial charge in [-0.2, -0.15) is 13.2 Å². The molecule has 2 heterocycles. The number of aromatic nitrogens is 1. The van der Waals surface area contributed by atoms with Gasteiger partial charge in [0.15, 0.2) is 11.5 Å². The predicted molar refractivity (Wildman–Crippen MR) is 79.1 cm³/mol. The highest BCUT2D eigenvalue weighted by Gasteiger charge is 2.35. The first-order valence-corrected chi connectivity index (χ1v) is 7.63. The van der Waals surface area contributed by atoms with E-state index in [1.165, 1.54) is 0 Å². The number of hydrogen-bond donors (Lipinski definition) is 1. The average molecular weight is 328 g/mol. The number of rotatable bonds is 5. The van der Waals surface area contributed by atoms with Crippen molar-refractivity contribution < 1.29 is 22.3 Å². The summed E-state index contributed by atoms with van der Waals surface area (Å²) in [5.41, 5.74) is -0.142. The fourth-order valence-corrected chi connectivity index (χ4v) is 2.49. The first-order valence-electron chi connectivity index (χ1n) is 7.63. The Labute approximate surface area is 132 Å². The van der Waals surface area contributed by atoms with Gasteiger partial charge < -0.3 is 14.5 Å². The topological polar surface area (TPSA) is 47.3 Å². The summed E-state index contributed by atoms with van der Waals surface area (Å²) in [6.45, 7) is 6.18. The summed E-state index contributed by atoms with van der Waals surface area (Å²) < 4.78 is 50.3. The molecule has 1 aromatic carbocycles. The normalized spacial score (nSPS) is 16.3. The molecule has 1 saturated heterocycles. The monoisotopic (exact) mass is 328 g/mol. The van der Waals surface area contributed by atoms with Crippen LogP contribution in [-0.4, -0.2) is 24.7 Å². The summed E-state index contributed by atoms with van der Waals surface area (Å²) in [6.07, 6.45) is -4.47. The van der Waals surface area contributed by atoms with Gasteiger partial charge in [0, 0.05) is 24.9 Å². The maximum absolute atomic E-state index is 13.3. The third kappa shape index (κ3) is 3.50. The molecule has 23 heavy (non-hydrogen) atoms. The van der Waals surface area contributed by atoms with Crippen molar-refractivity contribution in [2.45, 2.75) is 32.5 Å². The standard InChI is InChI=1S/C16H19F3N2O2/c1-9(2)15-21-13-4-10(5-20-6-11-7-22-8-11)3-12(14(13)23-15)16(17,18)19/h3-4,9,11,20H,5-8H2,1-2H3. The van der Waals surface area contributed by atoms with Gasteiger partial charge in [0.1, 0.15) is 11.1 Å². The first-order chi connectivity index (χ1) is 10.8. The van der Waals surface area contributed by atoms with Crippen LogP contribution < -0.4 is 5.32 Å². The highest BCUT2D eigenvalue weighted by atomic mass is 19.4. The minimum atomic E-state index is -4.47. The number of halogens is 3. The van der Waals surface area contributed by atoms with Gasteiger partial charge in [0.05, 0.1) is 13.2 Å². The van der Waals surface area contributed by atoms with Crippen LogP contribution in [0.2, 0.25) is 0 Å². The molecule has 1 N–H and O–H groups in total. The second-order valence-corrected chi connectivity index (χ2v) is 6.23. The quantitative estimate of drug-likeness (QED) is 0.909. The van der Waals surface area contributed by atoms with Gasteiger partial charge >= 0.3 is 6.18 Å². The van der Waals surface area contributed by atoms with Crippen LogP contribution in [0.4, 0.5) is 13.2 Å². The summed E-state index contributed by atoms with van der Waals surface area (Å²) in [4.78, 5) is 4.20. The SMILES string of the molecule is CC(C)c1nc2cc(CNCC3COC3)cc(C(F)(F)F)c2o1. The van der Waals surface area contributed by atoms with Gasteiger partial charge in [-0.3, -0.25) is 0 Å². The van der Waals surface area contributed by atoms with Crippen LogP contribution in [0, 0.1) is 5.92 Å². The molecule has 0 unspecified atom stereocenters. The van der Waals surface area contributed by atoms with E-state index in [1.807, 2.05) is 13.8 Å². The van der Waals surface area contributed by atoms with Crippen molar-refractivity contribution in [2.75, 3.05) is 19.8 Å². The molecule has 1 aromatic heterocycles. The summed E-state index contributed by atoms with van der Waals surface area (Å²) in [5, 5.41) is 3.17. The van der Waals surface area contributed by atoms with E-state index in [9.17, 15) is 13.2 Å². The van der Waals surface area contributed by atoms with Crippen LogP contribution in [0.1, 0.15) is 36.8 Å². The fourth-order valence-electron chi connectivity index (χ4n) is 2.49. The Morgan fingerprint density at radius 2 is 2.04 bits per heavy atom. The number of nitrogens with zero attached hydrogens (tertiary/aromatic N) is 1. The zero-order valence-corrected chi connectivity index (χ0v) is 13.0. The van der Waals surface area contributed by atoms with Crippen molar-refractivity contribution in [1.82, 2.24) is 10.3 Å². The van der Waals surface area contributed by atoms with Gasteiger partial charge in [0.25, 0.3) is 0 Å². The third-order valence-corrected chi connectivity index (χ3v) is 3.83. The van der Waals surface area contributed by atoms with Crippen molar-refractivity contribution in [3.8, 4) is 0 Å². The van der Waals surface area contributed by atoms with E-state index in [4.69, 9.17) is 9.15 Å². The van der Waals surface area contributed by atoms with E-state index in [1.54, 1.807) is 6.07 Å². The molecule has 0 radical (unpaired) electrons. The molecule has 126 valence electrons. The Balaban J connectivity index is 1.88. The van der Waals surface area contributed by atoms with Crippen molar-refractivity contribution in [3.63, 3.8) is 0 Å². The van der Waals surface area contributed by atoms with Crippen molar-refractivity contribution in [2.24, 2.45) is 5.92 Å². The van der Waals surface area contributed by atoms with E-state index < -0.39 is 11.7 Å². The Bertz CT molecular complexity index is 690. The lowest BCUT2D eigenvalue weighted by Gasteiger charge is -2.26. The second-order valence-electron chi connectivity index (χ2n) is 6.23. The fraction of sp³-hybridized carbons (Fsp3) is 0.562. The van der Waals surface area contributed by atoms with Crippen LogP contribution >= 0.6 is 0 Å². The number of nitrogens with one attached hydrogen (secondary N) is 1. The van der Waals surface area contributed by atoms with E-state index in [0.717, 1.165) is 12.6 Å². The van der Waals surface area contributed by atoms with Crippen molar-refractivity contribution in [1.29, 1.82) is 0 Å². The number of alkyl halides is 3.